The number of allylic oxidation sites excluding steroid dienone is 1. The first kappa shape index (κ1) is 22.9. The molecule has 5 nitrogen and oxygen atoms in total. The average Bonchev–Trinajstić information content (AvgIpc) is 2.76. The predicted molar refractivity (Wildman–Crippen MR) is 125 cm³/mol. The third-order valence-corrected chi connectivity index (χ3v) is 6.19. The largest absolute Gasteiger partial charge is 0.490 e. The number of nitriles is 1. The third-order valence-electron chi connectivity index (χ3n) is 4.14. The molecule has 0 radical (unpaired) electrons. The Bertz CT molecular complexity index is 1250. The Hall–Kier alpha value is -2.79. The van der Waals surface area contributed by atoms with E-state index in [0.29, 0.717) is 11.1 Å². The number of hydrogen-bond acceptors (Lipinski definition) is 5. The van der Waals surface area contributed by atoms with E-state index in [1.165, 1.54) is 18.2 Å². The third kappa shape index (κ3) is 5.67. The molecule has 0 fully saturated rings. The van der Waals surface area contributed by atoms with Gasteiger partial charge in [0.05, 0.1) is 23.3 Å². The average molecular weight is 519 g/mol. The monoisotopic (exact) mass is 517 g/mol. The van der Waals surface area contributed by atoms with Crippen molar-refractivity contribution in [3.8, 4) is 17.6 Å². The first-order valence-corrected chi connectivity index (χ1v) is 11.8. The first-order valence-electron chi connectivity index (χ1n) is 9.17. The normalized spacial score (nSPS) is 11.6. The van der Waals surface area contributed by atoms with Crippen molar-refractivity contribution in [2.75, 3.05) is 6.61 Å². The van der Waals surface area contributed by atoms with Crippen LogP contribution in [0.25, 0.3) is 11.6 Å². The fourth-order valence-corrected chi connectivity index (χ4v) is 4.28. The van der Waals surface area contributed by atoms with Crippen molar-refractivity contribution in [2.45, 2.75) is 11.8 Å². The summed E-state index contributed by atoms with van der Waals surface area (Å²) in [6, 6.07) is 20.3. The van der Waals surface area contributed by atoms with Gasteiger partial charge in [0.25, 0.3) is 0 Å². The molecule has 0 aliphatic carbocycles. The van der Waals surface area contributed by atoms with Gasteiger partial charge in [-0.1, -0.05) is 57.9 Å². The van der Waals surface area contributed by atoms with Crippen molar-refractivity contribution in [2.24, 2.45) is 0 Å². The van der Waals surface area contributed by atoms with Crippen molar-refractivity contribution in [1.29, 1.82) is 5.26 Å². The number of hydrogen-bond donors (Lipinski definition) is 0. The molecular formula is C23H17BrClNO4S. The SMILES string of the molecule is CCOc1cc(/C=C(\C#N)c2ccc(Br)cc2)cc(Cl)c1OS(=O)(=O)c1ccccc1. The van der Waals surface area contributed by atoms with Crippen LogP contribution in [0.15, 0.2) is 76.1 Å². The molecule has 0 amide bonds. The van der Waals surface area contributed by atoms with Gasteiger partial charge in [0.2, 0.25) is 5.75 Å². The van der Waals surface area contributed by atoms with Gasteiger partial charge in [-0.15, -0.1) is 0 Å². The minimum absolute atomic E-state index is 0.000470. The molecular weight excluding hydrogens is 502 g/mol. The van der Waals surface area contributed by atoms with Crippen LogP contribution in [-0.2, 0) is 10.1 Å². The zero-order valence-electron chi connectivity index (χ0n) is 16.4. The Morgan fingerprint density at radius 1 is 1.13 bits per heavy atom. The van der Waals surface area contributed by atoms with Crippen LogP contribution in [0.4, 0.5) is 0 Å². The molecule has 0 aliphatic rings. The molecule has 0 atom stereocenters. The zero-order valence-corrected chi connectivity index (χ0v) is 19.5. The summed E-state index contributed by atoms with van der Waals surface area (Å²) in [6.07, 6.45) is 1.65. The molecule has 0 saturated carbocycles. The maximum Gasteiger partial charge on any atom is 0.339 e. The summed E-state index contributed by atoms with van der Waals surface area (Å²) in [7, 11) is -4.10. The van der Waals surface area contributed by atoms with Gasteiger partial charge in [-0.2, -0.15) is 13.7 Å². The van der Waals surface area contributed by atoms with Gasteiger partial charge < -0.3 is 8.92 Å². The fourth-order valence-electron chi connectivity index (χ4n) is 2.74. The van der Waals surface area contributed by atoms with Gasteiger partial charge in [-0.25, -0.2) is 0 Å². The van der Waals surface area contributed by atoms with Gasteiger partial charge >= 0.3 is 10.1 Å². The smallest absolute Gasteiger partial charge is 0.339 e. The predicted octanol–water partition coefficient (Wildman–Crippen LogP) is 6.33. The van der Waals surface area contributed by atoms with E-state index < -0.39 is 10.1 Å². The molecule has 3 aromatic rings. The lowest BCUT2D eigenvalue weighted by Crippen LogP contribution is -2.11. The Morgan fingerprint density at radius 3 is 2.42 bits per heavy atom. The van der Waals surface area contributed by atoms with Gasteiger partial charge in [-0.05, 0) is 60.5 Å². The van der Waals surface area contributed by atoms with E-state index >= 15 is 0 Å². The van der Waals surface area contributed by atoms with Gasteiger partial charge in [0.15, 0.2) is 5.75 Å². The van der Waals surface area contributed by atoms with Crippen LogP contribution in [-0.4, -0.2) is 15.0 Å². The molecule has 0 saturated heterocycles. The van der Waals surface area contributed by atoms with Crippen LogP contribution in [0, 0.1) is 11.3 Å². The summed E-state index contributed by atoms with van der Waals surface area (Å²) >= 11 is 9.74. The highest BCUT2D eigenvalue weighted by Gasteiger charge is 2.22. The van der Waals surface area contributed by atoms with Crippen molar-refractivity contribution < 1.29 is 17.3 Å². The van der Waals surface area contributed by atoms with E-state index in [0.717, 1.165) is 10.0 Å². The van der Waals surface area contributed by atoms with Crippen LogP contribution in [0.5, 0.6) is 11.5 Å². The minimum atomic E-state index is -4.10. The maximum atomic E-state index is 12.6. The van der Waals surface area contributed by atoms with Gasteiger partial charge in [0, 0.05) is 4.47 Å². The van der Waals surface area contributed by atoms with Crippen LogP contribution in [0.3, 0.4) is 0 Å². The second-order valence-corrected chi connectivity index (χ2v) is 9.16. The fraction of sp³-hybridized carbons (Fsp3) is 0.0870. The van der Waals surface area contributed by atoms with Crippen molar-refractivity contribution in [3.05, 3.63) is 87.4 Å². The standard InChI is InChI=1S/C23H17BrClNO4S/c1-2-29-22-14-16(12-18(15-26)17-8-10-19(24)11-9-17)13-21(25)23(22)30-31(27,28)20-6-4-3-5-7-20/h3-14H,2H2,1H3/b18-12+. The molecule has 8 heteroatoms. The second-order valence-electron chi connectivity index (χ2n) is 6.29. The molecule has 0 spiro atoms. The second kappa shape index (κ2) is 10.0. The Morgan fingerprint density at radius 2 is 1.81 bits per heavy atom. The summed E-state index contributed by atoms with van der Waals surface area (Å²) in [5, 5.41) is 9.63. The molecule has 0 bridgehead atoms. The molecule has 0 N–H and O–H groups in total. The Kier molecular flexibility index (Phi) is 7.39. The van der Waals surface area contributed by atoms with E-state index in [1.807, 2.05) is 24.3 Å². The van der Waals surface area contributed by atoms with E-state index in [-0.39, 0.29) is 28.0 Å². The van der Waals surface area contributed by atoms with E-state index in [9.17, 15) is 13.7 Å². The molecule has 31 heavy (non-hydrogen) atoms. The van der Waals surface area contributed by atoms with Crippen molar-refractivity contribution in [1.82, 2.24) is 0 Å². The lowest BCUT2D eigenvalue weighted by atomic mass is 10.0. The first-order chi connectivity index (χ1) is 14.8. The Labute approximate surface area is 194 Å². The molecule has 0 heterocycles. The summed E-state index contributed by atoms with van der Waals surface area (Å²) < 4.78 is 37.1. The van der Waals surface area contributed by atoms with Crippen molar-refractivity contribution >= 4 is 49.3 Å². The molecule has 0 aliphatic heterocycles. The van der Waals surface area contributed by atoms with Crippen LogP contribution in [0.1, 0.15) is 18.1 Å². The van der Waals surface area contributed by atoms with Crippen LogP contribution in [0.2, 0.25) is 5.02 Å². The summed E-state index contributed by atoms with van der Waals surface area (Å²) in [5.74, 6) is 0.0560. The van der Waals surface area contributed by atoms with E-state index in [1.54, 1.807) is 37.3 Å². The minimum Gasteiger partial charge on any atom is -0.490 e. The number of halogens is 2. The van der Waals surface area contributed by atoms with Gasteiger partial charge in [-0.3, -0.25) is 0 Å². The Balaban J connectivity index is 2.02. The van der Waals surface area contributed by atoms with E-state index in [2.05, 4.69) is 22.0 Å². The lowest BCUT2D eigenvalue weighted by Gasteiger charge is -2.14. The molecule has 0 aromatic heterocycles. The highest BCUT2D eigenvalue weighted by molar-refractivity contribution is 9.10. The number of nitrogens with zero attached hydrogens (tertiary/aromatic N) is 1. The van der Waals surface area contributed by atoms with Gasteiger partial charge in [0.1, 0.15) is 4.90 Å². The quantitative estimate of drug-likeness (QED) is 0.207. The highest BCUT2D eigenvalue weighted by Crippen LogP contribution is 2.39. The highest BCUT2D eigenvalue weighted by atomic mass is 79.9. The molecule has 158 valence electrons. The lowest BCUT2D eigenvalue weighted by molar-refractivity contribution is 0.327. The molecule has 0 unspecified atom stereocenters. The molecule has 3 rings (SSSR count). The summed E-state index contributed by atoms with van der Waals surface area (Å²) in [6.45, 7) is 2.03. The number of rotatable bonds is 7. The zero-order chi connectivity index (χ0) is 22.4. The maximum absolute atomic E-state index is 12.6. The summed E-state index contributed by atoms with van der Waals surface area (Å²) in [4.78, 5) is -0.000470. The number of ether oxygens (including phenoxy) is 1. The van der Waals surface area contributed by atoms with Crippen molar-refractivity contribution in [3.63, 3.8) is 0 Å². The molecule has 3 aromatic carbocycles. The topological polar surface area (TPSA) is 76.4 Å². The van der Waals surface area contributed by atoms with E-state index in [4.69, 9.17) is 20.5 Å². The van der Waals surface area contributed by atoms with Crippen LogP contribution >= 0.6 is 27.5 Å². The van der Waals surface area contributed by atoms with Crippen LogP contribution < -0.4 is 8.92 Å². The number of benzene rings is 3. The summed E-state index contributed by atoms with van der Waals surface area (Å²) in [5.41, 5.74) is 1.71.